The molecule has 4 nitrogen and oxygen atoms in total. The summed E-state index contributed by atoms with van der Waals surface area (Å²) in [6.45, 7) is 6.95. The van der Waals surface area contributed by atoms with E-state index in [0.29, 0.717) is 0 Å². The summed E-state index contributed by atoms with van der Waals surface area (Å²) in [7, 11) is 0. The van der Waals surface area contributed by atoms with Crippen LogP contribution in [0.3, 0.4) is 0 Å². The summed E-state index contributed by atoms with van der Waals surface area (Å²) in [6.07, 6.45) is 2.54. The topological polar surface area (TPSA) is 58.4 Å². The van der Waals surface area contributed by atoms with Gasteiger partial charge < -0.3 is 16.0 Å². The standard InChI is InChI=1S/C11H21N3OS/c1-8(7-14-5-3-4-6-14)13-11(15)9(2)10(12)16/h8-9H,3-7H2,1-2H3,(H2,12,16)(H,13,15). The molecule has 0 aliphatic carbocycles. The number of thiocarbonyl (C=S) groups is 1. The first-order valence-electron chi connectivity index (χ1n) is 5.82. The average molecular weight is 243 g/mol. The van der Waals surface area contributed by atoms with Gasteiger partial charge in [0.2, 0.25) is 5.91 Å². The highest BCUT2D eigenvalue weighted by Crippen LogP contribution is 2.07. The van der Waals surface area contributed by atoms with Gasteiger partial charge in [0.05, 0.1) is 10.9 Å². The first-order chi connectivity index (χ1) is 7.50. The van der Waals surface area contributed by atoms with Crippen molar-refractivity contribution in [1.82, 2.24) is 10.2 Å². The Morgan fingerprint density at radius 1 is 1.44 bits per heavy atom. The summed E-state index contributed by atoms with van der Waals surface area (Å²) in [4.78, 5) is 14.3. The third-order valence-corrected chi connectivity index (χ3v) is 3.29. The number of hydrogen-bond acceptors (Lipinski definition) is 3. The van der Waals surface area contributed by atoms with E-state index in [1.54, 1.807) is 6.92 Å². The Morgan fingerprint density at radius 2 is 2.00 bits per heavy atom. The molecule has 1 aliphatic heterocycles. The number of rotatable bonds is 5. The molecule has 0 aromatic carbocycles. The minimum atomic E-state index is -0.379. The molecule has 1 saturated heterocycles. The lowest BCUT2D eigenvalue weighted by Gasteiger charge is -2.22. The molecular weight excluding hydrogens is 222 g/mol. The zero-order valence-corrected chi connectivity index (χ0v) is 10.8. The lowest BCUT2D eigenvalue weighted by molar-refractivity contribution is -0.123. The summed E-state index contributed by atoms with van der Waals surface area (Å²) in [5.41, 5.74) is 5.44. The van der Waals surface area contributed by atoms with E-state index in [0.717, 1.165) is 19.6 Å². The Bertz CT molecular complexity index is 264. The van der Waals surface area contributed by atoms with Gasteiger partial charge in [-0.2, -0.15) is 0 Å². The number of carbonyl (C=O) groups excluding carboxylic acids is 1. The molecule has 2 unspecified atom stereocenters. The third kappa shape index (κ3) is 4.06. The molecule has 16 heavy (non-hydrogen) atoms. The fraction of sp³-hybridized carbons (Fsp3) is 0.818. The Kier molecular flexibility index (Phi) is 5.15. The normalized spacial score (nSPS) is 20.4. The van der Waals surface area contributed by atoms with Gasteiger partial charge in [-0.1, -0.05) is 12.2 Å². The maximum absolute atomic E-state index is 11.7. The van der Waals surface area contributed by atoms with Crippen molar-refractivity contribution in [1.29, 1.82) is 0 Å². The molecule has 1 rings (SSSR count). The number of likely N-dealkylation sites (tertiary alicyclic amines) is 1. The van der Waals surface area contributed by atoms with Crippen molar-refractivity contribution in [2.45, 2.75) is 32.7 Å². The van der Waals surface area contributed by atoms with Gasteiger partial charge in [0.25, 0.3) is 0 Å². The molecule has 0 saturated carbocycles. The van der Waals surface area contributed by atoms with E-state index in [4.69, 9.17) is 18.0 Å². The van der Waals surface area contributed by atoms with E-state index in [-0.39, 0.29) is 22.9 Å². The monoisotopic (exact) mass is 243 g/mol. The van der Waals surface area contributed by atoms with Gasteiger partial charge in [-0.05, 0) is 39.8 Å². The molecule has 0 radical (unpaired) electrons. The van der Waals surface area contributed by atoms with Crippen LogP contribution in [0.25, 0.3) is 0 Å². The fourth-order valence-corrected chi connectivity index (χ4v) is 2.00. The smallest absolute Gasteiger partial charge is 0.229 e. The second-order valence-electron chi connectivity index (χ2n) is 4.54. The minimum absolute atomic E-state index is 0.0702. The van der Waals surface area contributed by atoms with E-state index >= 15 is 0 Å². The molecule has 92 valence electrons. The van der Waals surface area contributed by atoms with Crippen LogP contribution in [0, 0.1) is 5.92 Å². The molecule has 0 aromatic rings. The van der Waals surface area contributed by atoms with Crippen LogP contribution in [0.15, 0.2) is 0 Å². The van der Waals surface area contributed by atoms with E-state index in [9.17, 15) is 4.79 Å². The number of hydrogen-bond donors (Lipinski definition) is 2. The molecule has 5 heteroatoms. The van der Waals surface area contributed by atoms with Gasteiger partial charge in [0.1, 0.15) is 0 Å². The Hall–Kier alpha value is -0.680. The highest BCUT2D eigenvalue weighted by Gasteiger charge is 2.19. The molecule has 0 spiro atoms. The molecule has 3 N–H and O–H groups in total. The fourth-order valence-electron chi connectivity index (χ4n) is 1.90. The lowest BCUT2D eigenvalue weighted by atomic mass is 10.1. The van der Waals surface area contributed by atoms with Crippen LogP contribution < -0.4 is 11.1 Å². The van der Waals surface area contributed by atoms with Gasteiger partial charge in [-0.3, -0.25) is 4.79 Å². The number of nitrogens with two attached hydrogens (primary N) is 1. The van der Waals surface area contributed by atoms with Crippen LogP contribution in [0.4, 0.5) is 0 Å². The highest BCUT2D eigenvalue weighted by molar-refractivity contribution is 7.80. The zero-order chi connectivity index (χ0) is 12.1. The van der Waals surface area contributed by atoms with Crippen molar-refractivity contribution in [3.05, 3.63) is 0 Å². The van der Waals surface area contributed by atoms with E-state index in [2.05, 4.69) is 10.2 Å². The van der Waals surface area contributed by atoms with E-state index in [1.807, 2.05) is 6.92 Å². The Morgan fingerprint density at radius 3 is 2.50 bits per heavy atom. The number of amides is 1. The van der Waals surface area contributed by atoms with Gasteiger partial charge in [-0.15, -0.1) is 0 Å². The van der Waals surface area contributed by atoms with Crippen molar-refractivity contribution in [2.24, 2.45) is 11.7 Å². The molecule has 1 fully saturated rings. The third-order valence-electron chi connectivity index (χ3n) is 2.94. The Labute approximate surface area is 103 Å². The first-order valence-corrected chi connectivity index (χ1v) is 6.23. The molecule has 1 heterocycles. The number of carbonyl (C=O) groups is 1. The van der Waals surface area contributed by atoms with Crippen LogP contribution in [0.2, 0.25) is 0 Å². The van der Waals surface area contributed by atoms with Crippen molar-refractivity contribution < 1.29 is 4.79 Å². The van der Waals surface area contributed by atoms with E-state index in [1.165, 1.54) is 12.8 Å². The number of nitrogens with zero attached hydrogens (tertiary/aromatic N) is 1. The predicted octanol–water partition coefficient (Wildman–Crippen LogP) is 0.509. The lowest BCUT2D eigenvalue weighted by Crippen LogP contribution is -2.45. The Balaban J connectivity index is 2.29. The van der Waals surface area contributed by atoms with Crippen LogP contribution in [0.1, 0.15) is 26.7 Å². The zero-order valence-electron chi connectivity index (χ0n) is 10.0. The van der Waals surface area contributed by atoms with Crippen LogP contribution in [-0.4, -0.2) is 41.5 Å². The maximum atomic E-state index is 11.7. The SMILES string of the molecule is CC(CN1CCCC1)NC(=O)C(C)C(N)=S. The minimum Gasteiger partial charge on any atom is -0.393 e. The quantitative estimate of drug-likeness (QED) is 0.691. The van der Waals surface area contributed by atoms with Gasteiger partial charge in [-0.25, -0.2) is 0 Å². The summed E-state index contributed by atoms with van der Waals surface area (Å²) >= 11 is 4.80. The van der Waals surface area contributed by atoms with Crippen LogP contribution >= 0.6 is 12.2 Å². The first kappa shape index (κ1) is 13.4. The van der Waals surface area contributed by atoms with E-state index < -0.39 is 0 Å². The summed E-state index contributed by atoms with van der Waals surface area (Å²) in [5.74, 6) is -0.449. The highest BCUT2D eigenvalue weighted by atomic mass is 32.1. The molecule has 0 aromatic heterocycles. The van der Waals surface area contributed by atoms with Crippen molar-refractivity contribution in [3.8, 4) is 0 Å². The largest absolute Gasteiger partial charge is 0.393 e. The number of nitrogens with one attached hydrogen (secondary N) is 1. The van der Waals surface area contributed by atoms with Crippen LogP contribution in [-0.2, 0) is 4.79 Å². The second kappa shape index (κ2) is 6.15. The molecule has 1 amide bonds. The van der Waals surface area contributed by atoms with Crippen LogP contribution in [0.5, 0.6) is 0 Å². The average Bonchev–Trinajstić information content (AvgIpc) is 2.68. The van der Waals surface area contributed by atoms with Crippen molar-refractivity contribution >= 4 is 23.1 Å². The van der Waals surface area contributed by atoms with Gasteiger partial charge in [0.15, 0.2) is 0 Å². The summed E-state index contributed by atoms with van der Waals surface area (Å²) in [6, 6.07) is 0.155. The second-order valence-corrected chi connectivity index (χ2v) is 5.01. The van der Waals surface area contributed by atoms with Crippen molar-refractivity contribution in [2.75, 3.05) is 19.6 Å². The van der Waals surface area contributed by atoms with Gasteiger partial charge >= 0.3 is 0 Å². The summed E-state index contributed by atoms with van der Waals surface area (Å²) < 4.78 is 0. The molecule has 0 bridgehead atoms. The molecular formula is C11H21N3OS. The van der Waals surface area contributed by atoms with Crippen molar-refractivity contribution in [3.63, 3.8) is 0 Å². The maximum Gasteiger partial charge on any atom is 0.229 e. The predicted molar refractivity (Wildman–Crippen MR) is 69.2 cm³/mol. The summed E-state index contributed by atoms with van der Waals surface area (Å²) in [5, 5.41) is 2.94. The molecule has 2 atom stereocenters. The van der Waals surface area contributed by atoms with Gasteiger partial charge in [0, 0.05) is 12.6 Å². The molecule has 1 aliphatic rings.